The highest BCUT2D eigenvalue weighted by molar-refractivity contribution is 5.77. The van der Waals surface area contributed by atoms with Gasteiger partial charge in [0.2, 0.25) is 17.6 Å². The van der Waals surface area contributed by atoms with E-state index in [1.807, 2.05) is 11.8 Å². The van der Waals surface area contributed by atoms with Gasteiger partial charge in [-0.05, 0) is 37.8 Å². The number of likely N-dealkylation sites (tertiary alicyclic amines) is 1. The van der Waals surface area contributed by atoms with Crippen molar-refractivity contribution in [1.82, 2.24) is 15.0 Å². The summed E-state index contributed by atoms with van der Waals surface area (Å²) in [5, 5.41) is 3.88. The van der Waals surface area contributed by atoms with Crippen LogP contribution in [0.25, 0.3) is 11.4 Å². The highest BCUT2D eigenvalue weighted by Gasteiger charge is 2.25. The SMILES string of the molecule is CCOCC(=O)N1CCCC(Cc2nc(-c3ccccc3F)no2)C1. The number of piperidine rings is 1. The second-order valence-corrected chi connectivity index (χ2v) is 6.18. The van der Waals surface area contributed by atoms with Crippen molar-refractivity contribution < 1.29 is 18.4 Å². The summed E-state index contributed by atoms with van der Waals surface area (Å²) in [5.74, 6) is 0.633. The molecule has 0 N–H and O–H groups in total. The number of halogens is 1. The van der Waals surface area contributed by atoms with E-state index in [0.717, 1.165) is 19.4 Å². The van der Waals surface area contributed by atoms with Crippen LogP contribution in [0, 0.1) is 11.7 Å². The van der Waals surface area contributed by atoms with E-state index in [9.17, 15) is 9.18 Å². The third-order valence-corrected chi connectivity index (χ3v) is 4.35. The van der Waals surface area contributed by atoms with Crippen molar-refractivity contribution >= 4 is 5.91 Å². The number of amides is 1. The number of carbonyl (C=O) groups is 1. The number of nitrogens with zero attached hydrogens (tertiary/aromatic N) is 3. The first-order valence-electron chi connectivity index (χ1n) is 8.60. The molecule has 0 radical (unpaired) electrons. The summed E-state index contributed by atoms with van der Waals surface area (Å²) in [6, 6.07) is 6.35. The van der Waals surface area contributed by atoms with Crippen molar-refractivity contribution in [3.8, 4) is 11.4 Å². The third kappa shape index (κ3) is 4.42. The minimum Gasteiger partial charge on any atom is -0.372 e. The van der Waals surface area contributed by atoms with Crippen LogP contribution in [0.4, 0.5) is 4.39 Å². The summed E-state index contributed by atoms with van der Waals surface area (Å²) in [7, 11) is 0. The zero-order valence-electron chi connectivity index (χ0n) is 14.3. The Morgan fingerprint density at radius 1 is 1.44 bits per heavy atom. The van der Waals surface area contributed by atoms with Gasteiger partial charge in [0.1, 0.15) is 12.4 Å². The average Bonchev–Trinajstić information content (AvgIpc) is 3.08. The number of ether oxygens (including phenoxy) is 1. The number of aromatic nitrogens is 2. The fourth-order valence-electron chi connectivity index (χ4n) is 3.08. The first-order valence-corrected chi connectivity index (χ1v) is 8.60. The monoisotopic (exact) mass is 347 g/mol. The van der Waals surface area contributed by atoms with E-state index in [2.05, 4.69) is 10.1 Å². The van der Waals surface area contributed by atoms with E-state index in [-0.39, 0.29) is 30.1 Å². The van der Waals surface area contributed by atoms with Crippen LogP contribution in [-0.4, -0.2) is 47.3 Å². The number of hydrogen-bond acceptors (Lipinski definition) is 5. The zero-order valence-corrected chi connectivity index (χ0v) is 14.3. The Bertz CT molecular complexity index is 719. The van der Waals surface area contributed by atoms with Gasteiger partial charge in [-0.2, -0.15) is 4.98 Å². The molecule has 0 spiro atoms. The lowest BCUT2D eigenvalue weighted by molar-refractivity contribution is -0.137. The molecule has 1 saturated heterocycles. The Kier molecular flexibility index (Phi) is 5.75. The number of rotatable bonds is 6. The maximum atomic E-state index is 13.8. The number of benzene rings is 1. The minimum absolute atomic E-state index is 0.0177. The molecule has 134 valence electrons. The topological polar surface area (TPSA) is 68.5 Å². The highest BCUT2D eigenvalue weighted by atomic mass is 19.1. The molecule has 1 unspecified atom stereocenters. The van der Waals surface area contributed by atoms with Crippen molar-refractivity contribution in [3.63, 3.8) is 0 Å². The van der Waals surface area contributed by atoms with E-state index >= 15 is 0 Å². The molecule has 2 aromatic rings. The first kappa shape index (κ1) is 17.5. The first-order chi connectivity index (χ1) is 12.2. The molecule has 7 heteroatoms. The quantitative estimate of drug-likeness (QED) is 0.804. The fraction of sp³-hybridized carbons (Fsp3) is 0.500. The lowest BCUT2D eigenvalue weighted by atomic mass is 9.94. The molecule has 6 nitrogen and oxygen atoms in total. The van der Waals surface area contributed by atoms with Crippen molar-refractivity contribution in [1.29, 1.82) is 0 Å². The van der Waals surface area contributed by atoms with E-state index in [4.69, 9.17) is 9.26 Å². The van der Waals surface area contributed by atoms with Gasteiger partial charge in [-0.25, -0.2) is 4.39 Å². The predicted octanol–water partition coefficient (Wildman–Crippen LogP) is 2.69. The molecule has 1 fully saturated rings. The van der Waals surface area contributed by atoms with E-state index in [1.54, 1.807) is 18.2 Å². The van der Waals surface area contributed by atoms with Gasteiger partial charge in [0.25, 0.3) is 0 Å². The van der Waals surface area contributed by atoms with Crippen molar-refractivity contribution in [2.45, 2.75) is 26.2 Å². The Hall–Kier alpha value is -2.28. The third-order valence-electron chi connectivity index (χ3n) is 4.35. The number of carbonyl (C=O) groups excluding carboxylic acids is 1. The summed E-state index contributed by atoms with van der Waals surface area (Å²) < 4.78 is 24.3. The predicted molar refractivity (Wildman–Crippen MR) is 89.2 cm³/mol. The minimum atomic E-state index is -0.375. The van der Waals surface area contributed by atoms with Gasteiger partial charge in [-0.15, -0.1) is 0 Å². The Balaban J connectivity index is 1.61. The summed E-state index contributed by atoms with van der Waals surface area (Å²) in [6.45, 7) is 3.94. The molecule has 0 saturated carbocycles. The molecule has 1 aromatic carbocycles. The largest absolute Gasteiger partial charge is 0.372 e. The van der Waals surface area contributed by atoms with Crippen LogP contribution in [-0.2, 0) is 16.0 Å². The van der Waals surface area contributed by atoms with Gasteiger partial charge in [0, 0.05) is 26.1 Å². The summed E-state index contributed by atoms with van der Waals surface area (Å²) in [6.07, 6.45) is 2.52. The lowest BCUT2D eigenvalue weighted by Crippen LogP contribution is -2.42. The molecule has 1 atom stereocenters. The molecule has 3 rings (SSSR count). The smallest absolute Gasteiger partial charge is 0.248 e. The zero-order chi connectivity index (χ0) is 17.6. The van der Waals surface area contributed by atoms with Crippen LogP contribution >= 0.6 is 0 Å². The summed E-state index contributed by atoms with van der Waals surface area (Å²) in [5.41, 5.74) is 0.328. The maximum absolute atomic E-state index is 13.8. The van der Waals surface area contributed by atoms with Gasteiger partial charge in [-0.3, -0.25) is 4.79 Å². The van der Waals surface area contributed by atoms with Crippen LogP contribution in [0.3, 0.4) is 0 Å². The standard InChI is InChI=1S/C18H22FN3O3/c1-2-24-12-17(23)22-9-5-6-13(11-22)10-16-20-18(21-25-16)14-7-3-4-8-15(14)19/h3-4,7-8,13H,2,5-6,9-12H2,1H3. The summed E-state index contributed by atoms with van der Waals surface area (Å²) in [4.78, 5) is 18.2. The van der Waals surface area contributed by atoms with E-state index < -0.39 is 0 Å². The summed E-state index contributed by atoms with van der Waals surface area (Å²) >= 11 is 0. The Morgan fingerprint density at radius 2 is 2.28 bits per heavy atom. The molecule has 1 aliphatic rings. The van der Waals surface area contributed by atoms with Gasteiger partial charge < -0.3 is 14.2 Å². The van der Waals surface area contributed by atoms with Crippen molar-refractivity contribution in [3.05, 3.63) is 36.0 Å². The molecule has 0 aliphatic carbocycles. The fourth-order valence-corrected chi connectivity index (χ4v) is 3.08. The highest BCUT2D eigenvalue weighted by Crippen LogP contribution is 2.23. The molecule has 2 heterocycles. The molecular weight excluding hydrogens is 325 g/mol. The second-order valence-electron chi connectivity index (χ2n) is 6.18. The van der Waals surface area contributed by atoms with Crippen LogP contribution in [0.15, 0.2) is 28.8 Å². The Labute approximate surface area is 146 Å². The van der Waals surface area contributed by atoms with Crippen LogP contribution in [0.1, 0.15) is 25.7 Å². The molecule has 25 heavy (non-hydrogen) atoms. The molecule has 1 aromatic heterocycles. The molecule has 1 amide bonds. The van der Waals surface area contributed by atoms with Crippen LogP contribution in [0.2, 0.25) is 0 Å². The van der Waals surface area contributed by atoms with Gasteiger partial charge in [0.15, 0.2) is 0 Å². The van der Waals surface area contributed by atoms with Crippen LogP contribution in [0.5, 0.6) is 0 Å². The molecule has 1 aliphatic heterocycles. The van der Waals surface area contributed by atoms with E-state index in [0.29, 0.717) is 31.0 Å². The maximum Gasteiger partial charge on any atom is 0.248 e. The Morgan fingerprint density at radius 3 is 3.08 bits per heavy atom. The average molecular weight is 347 g/mol. The number of hydrogen-bond donors (Lipinski definition) is 0. The normalized spacial score (nSPS) is 17.7. The molecular formula is C18H22FN3O3. The van der Waals surface area contributed by atoms with Gasteiger partial charge >= 0.3 is 0 Å². The van der Waals surface area contributed by atoms with Crippen molar-refractivity contribution in [2.24, 2.45) is 5.92 Å². The lowest BCUT2D eigenvalue weighted by Gasteiger charge is -2.32. The van der Waals surface area contributed by atoms with E-state index in [1.165, 1.54) is 6.07 Å². The van der Waals surface area contributed by atoms with Crippen molar-refractivity contribution in [2.75, 3.05) is 26.3 Å². The van der Waals surface area contributed by atoms with Gasteiger partial charge in [-0.1, -0.05) is 17.3 Å². The van der Waals surface area contributed by atoms with Crippen LogP contribution < -0.4 is 0 Å². The van der Waals surface area contributed by atoms with Gasteiger partial charge in [0.05, 0.1) is 5.56 Å². The molecule has 0 bridgehead atoms. The second kappa shape index (κ2) is 8.20.